The molecule has 0 fully saturated rings. The Hall–Kier alpha value is -2.27. The molecule has 0 unspecified atom stereocenters. The highest BCUT2D eigenvalue weighted by atomic mass is 35.5. The van der Waals surface area contributed by atoms with Crippen molar-refractivity contribution in [1.29, 1.82) is 0 Å². The monoisotopic (exact) mass is 308 g/mol. The molecule has 0 bridgehead atoms. The summed E-state index contributed by atoms with van der Waals surface area (Å²) in [6.07, 6.45) is 0. The van der Waals surface area contributed by atoms with E-state index in [1.165, 1.54) is 19.2 Å². The van der Waals surface area contributed by atoms with Crippen LogP contribution in [0.1, 0.15) is 26.7 Å². The third kappa shape index (κ3) is 3.64. The van der Waals surface area contributed by atoms with Crippen LogP contribution in [0, 0.1) is 6.92 Å². The van der Waals surface area contributed by atoms with Crippen LogP contribution in [0.3, 0.4) is 0 Å². The van der Waals surface area contributed by atoms with Gasteiger partial charge in [-0.15, -0.1) is 0 Å². The highest BCUT2D eigenvalue weighted by Crippen LogP contribution is 2.25. The number of methoxy groups -OCH3 is 1. The topological polar surface area (TPSA) is 65.7 Å². The Morgan fingerprint density at radius 3 is 2.57 bits per heavy atom. The Labute approximate surface area is 126 Å². The molecule has 2 rings (SSSR count). The average molecular weight is 309 g/mol. The van der Waals surface area contributed by atoms with E-state index in [2.05, 4.69) is 0 Å². The lowest BCUT2D eigenvalue weighted by Crippen LogP contribution is -2.14. The van der Waals surface area contributed by atoms with E-state index in [1.54, 1.807) is 25.1 Å². The van der Waals surface area contributed by atoms with E-state index in [0.717, 1.165) is 0 Å². The van der Waals surface area contributed by atoms with Gasteiger partial charge in [-0.3, -0.25) is 4.79 Å². The van der Waals surface area contributed by atoms with Crippen LogP contribution in [0.4, 0.5) is 0 Å². The summed E-state index contributed by atoms with van der Waals surface area (Å²) in [6, 6.07) is 7.73. The quantitative estimate of drug-likeness (QED) is 0.626. The molecule has 2 aromatic rings. The molecule has 0 aliphatic carbocycles. The molecule has 0 aliphatic rings. The van der Waals surface area contributed by atoms with Gasteiger partial charge in [0.25, 0.3) is 0 Å². The molecule has 0 atom stereocenters. The molecule has 21 heavy (non-hydrogen) atoms. The fraction of sp³-hybridized carbons (Fsp3) is 0.200. The lowest BCUT2D eigenvalue weighted by atomic mass is 10.1. The summed E-state index contributed by atoms with van der Waals surface area (Å²) in [6.45, 7) is 1.32. The molecule has 1 heterocycles. The molecule has 1 aromatic heterocycles. The highest BCUT2D eigenvalue weighted by Gasteiger charge is 2.15. The molecule has 0 amide bonds. The summed E-state index contributed by atoms with van der Waals surface area (Å²) in [5, 5.41) is 0.316. The third-order valence-electron chi connectivity index (χ3n) is 2.75. The minimum absolute atomic E-state index is 0.0630. The third-order valence-corrected chi connectivity index (χ3v) is 3.05. The second-order valence-electron chi connectivity index (χ2n) is 4.26. The molecule has 0 spiro atoms. The summed E-state index contributed by atoms with van der Waals surface area (Å²) in [5.74, 6) is 0.0757. The Balaban J connectivity index is 1.98. The van der Waals surface area contributed by atoms with Crippen LogP contribution in [-0.2, 0) is 4.74 Å². The van der Waals surface area contributed by atoms with Crippen LogP contribution in [0.15, 0.2) is 34.7 Å². The first kappa shape index (κ1) is 15.1. The van der Waals surface area contributed by atoms with Crippen molar-refractivity contribution >= 4 is 23.4 Å². The lowest BCUT2D eigenvalue weighted by molar-refractivity contribution is 0.0443. The normalized spacial score (nSPS) is 10.2. The molecule has 6 heteroatoms. The van der Waals surface area contributed by atoms with E-state index in [0.29, 0.717) is 22.1 Å². The minimum atomic E-state index is -0.684. The Morgan fingerprint density at radius 2 is 2.00 bits per heavy atom. The van der Waals surface area contributed by atoms with Gasteiger partial charge >= 0.3 is 5.97 Å². The standard InChI is InChI=1S/C15H13ClO5/c1-9-3-5-14(21-9)15(18)20-8-12(17)10-4-6-13(19-2)11(16)7-10/h3-7H,8H2,1-2H3. The van der Waals surface area contributed by atoms with Crippen molar-refractivity contribution in [1.82, 2.24) is 0 Å². The van der Waals surface area contributed by atoms with Crippen LogP contribution in [0.5, 0.6) is 5.75 Å². The number of carbonyl (C=O) groups is 2. The van der Waals surface area contributed by atoms with E-state index in [4.69, 9.17) is 25.5 Å². The van der Waals surface area contributed by atoms with Crippen LogP contribution < -0.4 is 4.74 Å². The number of furan rings is 1. The molecular weight excluding hydrogens is 296 g/mol. The Morgan fingerprint density at radius 1 is 1.24 bits per heavy atom. The van der Waals surface area contributed by atoms with E-state index in [1.807, 2.05) is 0 Å². The predicted octanol–water partition coefficient (Wildman–Crippen LogP) is 3.29. The van der Waals surface area contributed by atoms with E-state index >= 15 is 0 Å². The summed E-state index contributed by atoms with van der Waals surface area (Å²) >= 11 is 5.93. The molecule has 1 aromatic carbocycles. The Bertz CT molecular complexity index is 674. The van der Waals surface area contributed by atoms with E-state index in [9.17, 15) is 9.59 Å². The number of carbonyl (C=O) groups excluding carboxylic acids is 2. The number of ether oxygens (including phenoxy) is 2. The number of Topliss-reactive ketones (excluding diaryl/α,β-unsaturated/α-hetero) is 1. The van der Waals surface area contributed by atoms with Gasteiger partial charge in [-0.2, -0.15) is 0 Å². The molecule has 0 saturated heterocycles. The largest absolute Gasteiger partial charge is 0.495 e. The van der Waals surface area contributed by atoms with Gasteiger partial charge in [-0.1, -0.05) is 11.6 Å². The average Bonchev–Trinajstić information content (AvgIpc) is 2.91. The summed E-state index contributed by atoms with van der Waals surface area (Å²) in [7, 11) is 1.48. The fourth-order valence-electron chi connectivity index (χ4n) is 1.67. The fourth-order valence-corrected chi connectivity index (χ4v) is 1.93. The van der Waals surface area contributed by atoms with Crippen molar-refractivity contribution in [2.24, 2.45) is 0 Å². The molecule has 5 nitrogen and oxygen atoms in total. The van der Waals surface area contributed by atoms with Crippen LogP contribution >= 0.6 is 11.6 Å². The first-order valence-electron chi connectivity index (χ1n) is 6.11. The van der Waals surface area contributed by atoms with Crippen molar-refractivity contribution in [3.8, 4) is 5.75 Å². The second-order valence-corrected chi connectivity index (χ2v) is 4.67. The number of esters is 1. The number of benzene rings is 1. The molecule has 0 radical (unpaired) electrons. The first-order chi connectivity index (χ1) is 10.0. The van der Waals surface area contributed by atoms with Gasteiger partial charge < -0.3 is 13.9 Å². The highest BCUT2D eigenvalue weighted by molar-refractivity contribution is 6.32. The molecule has 0 aliphatic heterocycles. The number of ketones is 1. The van der Waals surface area contributed by atoms with Crippen molar-refractivity contribution in [2.45, 2.75) is 6.92 Å². The number of rotatable bonds is 5. The maximum Gasteiger partial charge on any atom is 0.374 e. The maximum atomic E-state index is 11.9. The van der Waals surface area contributed by atoms with Crippen LogP contribution in [0.2, 0.25) is 5.02 Å². The summed E-state index contributed by atoms with van der Waals surface area (Å²) < 4.78 is 15.0. The lowest BCUT2D eigenvalue weighted by Gasteiger charge is -2.06. The van der Waals surface area contributed by atoms with Gasteiger partial charge in [-0.05, 0) is 37.3 Å². The minimum Gasteiger partial charge on any atom is -0.495 e. The van der Waals surface area contributed by atoms with Crippen LogP contribution in [0.25, 0.3) is 0 Å². The predicted molar refractivity (Wildman–Crippen MR) is 76.1 cm³/mol. The zero-order valence-electron chi connectivity index (χ0n) is 11.5. The summed E-state index contributed by atoms with van der Waals surface area (Å²) in [5.41, 5.74) is 0.337. The van der Waals surface area contributed by atoms with E-state index in [-0.39, 0.29) is 18.2 Å². The SMILES string of the molecule is COc1ccc(C(=O)COC(=O)c2ccc(C)o2)cc1Cl. The van der Waals surface area contributed by atoms with Crippen molar-refractivity contribution in [3.63, 3.8) is 0 Å². The van der Waals surface area contributed by atoms with Gasteiger partial charge in [0.2, 0.25) is 5.76 Å². The van der Waals surface area contributed by atoms with Crippen molar-refractivity contribution in [3.05, 3.63) is 52.4 Å². The van der Waals surface area contributed by atoms with Gasteiger partial charge in [0, 0.05) is 5.56 Å². The molecular formula is C15H13ClO5. The van der Waals surface area contributed by atoms with Gasteiger partial charge in [-0.25, -0.2) is 4.79 Å². The zero-order chi connectivity index (χ0) is 15.4. The molecule has 0 saturated carbocycles. The zero-order valence-corrected chi connectivity index (χ0v) is 12.3. The van der Waals surface area contributed by atoms with Gasteiger partial charge in [0.05, 0.1) is 12.1 Å². The van der Waals surface area contributed by atoms with Gasteiger partial charge in [0.1, 0.15) is 11.5 Å². The molecule has 0 N–H and O–H groups in total. The van der Waals surface area contributed by atoms with Crippen molar-refractivity contribution in [2.75, 3.05) is 13.7 Å². The number of halogens is 1. The molecule has 110 valence electrons. The summed E-state index contributed by atoms with van der Waals surface area (Å²) in [4.78, 5) is 23.6. The number of aryl methyl sites for hydroxylation is 1. The number of hydrogen-bond acceptors (Lipinski definition) is 5. The first-order valence-corrected chi connectivity index (χ1v) is 6.49. The number of hydrogen-bond donors (Lipinski definition) is 0. The van der Waals surface area contributed by atoms with Crippen LogP contribution in [-0.4, -0.2) is 25.5 Å². The maximum absolute atomic E-state index is 11.9. The van der Waals surface area contributed by atoms with Crippen molar-refractivity contribution < 1.29 is 23.5 Å². The Kier molecular flexibility index (Phi) is 4.65. The van der Waals surface area contributed by atoms with E-state index < -0.39 is 5.97 Å². The van der Waals surface area contributed by atoms with Gasteiger partial charge in [0.15, 0.2) is 12.4 Å². The smallest absolute Gasteiger partial charge is 0.374 e. The second kappa shape index (κ2) is 6.45.